The van der Waals surface area contributed by atoms with Crippen molar-refractivity contribution in [2.24, 2.45) is 11.7 Å². The number of benzene rings is 3. The Morgan fingerprint density at radius 3 is 1.96 bits per heavy atom. The molecule has 0 radical (unpaired) electrons. The van der Waals surface area contributed by atoms with Crippen LogP contribution in [-0.2, 0) is 25.7 Å². The Bertz CT molecular complexity index is 1850. The molecular weight excluding hydrogens is 734 g/mol. The molecule has 3 aromatic rings. The maximum atomic E-state index is 13.6. The first-order valence-electron chi connectivity index (χ1n) is 18.8. The number of ether oxygens (including phenoxy) is 2. The van der Waals surface area contributed by atoms with E-state index in [1.165, 1.54) is 4.90 Å². The minimum Gasteiger partial charge on any atom is -0.465 e. The number of amides is 7. The molecule has 3 aromatic carbocycles. The second kappa shape index (κ2) is 20.0. The zero-order valence-corrected chi connectivity index (χ0v) is 32.9. The van der Waals surface area contributed by atoms with Crippen LogP contribution in [0.15, 0.2) is 72.8 Å². The van der Waals surface area contributed by atoms with E-state index >= 15 is 0 Å². The lowest BCUT2D eigenvalue weighted by Crippen LogP contribution is -2.54. The molecule has 57 heavy (non-hydrogen) atoms. The number of hydrogen-bond acceptors (Lipinski definition) is 8. The van der Waals surface area contributed by atoms with Gasteiger partial charge in [-0.15, -0.1) is 0 Å². The van der Waals surface area contributed by atoms with E-state index in [-0.39, 0.29) is 51.1 Å². The Morgan fingerprint density at radius 2 is 1.40 bits per heavy atom. The standard InChI is InChI=1S/C41H53N7O9/c1-25(2)34(47-39(53)57-24-32-30-13-8-6-11-28(30)29-12-7-9-14-31(29)32)36(50)46-33(15-10-20-43-37(42)51)35(49)45-27-18-16-26(17-19-27)23-56-38(52)44-21-22-48(40(54)55)41(3,4)5/h6-9,11-14,16-19,25,32-34H,10,15,20-24H2,1-5H3,(H,44,52)(H,45,49)(H,46,50)(H,47,53)(H,54,55)(H3,42,43,51)/t33-,34-/m0/s1. The minimum atomic E-state index is -1.10. The van der Waals surface area contributed by atoms with E-state index in [2.05, 4.69) is 26.6 Å². The number of rotatable bonds is 17. The smallest absolute Gasteiger partial charge is 0.407 e. The summed E-state index contributed by atoms with van der Waals surface area (Å²) in [4.78, 5) is 76.4. The van der Waals surface area contributed by atoms with Gasteiger partial charge in [-0.25, -0.2) is 19.2 Å². The van der Waals surface area contributed by atoms with E-state index in [0.29, 0.717) is 17.7 Å². The summed E-state index contributed by atoms with van der Waals surface area (Å²) in [6.45, 7) is 9.07. The fraction of sp³-hybridized carbons (Fsp3) is 0.415. The Labute approximate surface area is 332 Å². The monoisotopic (exact) mass is 787 g/mol. The van der Waals surface area contributed by atoms with Crippen molar-refractivity contribution in [3.8, 4) is 11.1 Å². The Kier molecular flexibility index (Phi) is 15.2. The van der Waals surface area contributed by atoms with Crippen LogP contribution in [0.2, 0.25) is 0 Å². The summed E-state index contributed by atoms with van der Waals surface area (Å²) in [5.41, 5.74) is 9.84. The van der Waals surface area contributed by atoms with Crippen molar-refractivity contribution in [2.45, 2.75) is 77.6 Å². The number of nitrogens with zero attached hydrogens (tertiary/aromatic N) is 1. The molecule has 16 nitrogen and oxygen atoms in total. The van der Waals surface area contributed by atoms with Crippen LogP contribution in [0.4, 0.5) is 24.9 Å². The van der Waals surface area contributed by atoms with Gasteiger partial charge < -0.3 is 51.8 Å². The summed E-state index contributed by atoms with van der Waals surface area (Å²) in [7, 11) is 0. The van der Waals surface area contributed by atoms with Gasteiger partial charge in [-0.1, -0.05) is 74.5 Å². The van der Waals surface area contributed by atoms with Crippen LogP contribution >= 0.6 is 0 Å². The van der Waals surface area contributed by atoms with Gasteiger partial charge in [-0.3, -0.25) is 9.59 Å². The van der Waals surface area contributed by atoms with Gasteiger partial charge in [0.25, 0.3) is 0 Å². The number of anilines is 1. The number of fused-ring (bicyclic) bond motifs is 3. The zero-order valence-electron chi connectivity index (χ0n) is 32.9. The minimum absolute atomic E-state index is 0.0626. The number of urea groups is 1. The van der Waals surface area contributed by atoms with E-state index in [9.17, 15) is 33.9 Å². The van der Waals surface area contributed by atoms with E-state index < -0.39 is 53.7 Å². The molecule has 4 rings (SSSR count). The number of hydrogen-bond donors (Lipinski definition) is 7. The lowest BCUT2D eigenvalue weighted by molar-refractivity contribution is -0.128. The summed E-state index contributed by atoms with van der Waals surface area (Å²) in [5, 5.41) is 22.6. The average Bonchev–Trinajstić information content (AvgIpc) is 3.48. The third kappa shape index (κ3) is 12.6. The van der Waals surface area contributed by atoms with Crippen LogP contribution in [0.5, 0.6) is 0 Å². The van der Waals surface area contributed by atoms with E-state index in [4.69, 9.17) is 15.2 Å². The van der Waals surface area contributed by atoms with Gasteiger partial charge in [-0.05, 0) is 79.5 Å². The van der Waals surface area contributed by atoms with Crippen molar-refractivity contribution in [3.05, 3.63) is 89.5 Å². The van der Waals surface area contributed by atoms with Crippen LogP contribution in [0.1, 0.15) is 70.1 Å². The highest BCUT2D eigenvalue weighted by atomic mass is 16.6. The van der Waals surface area contributed by atoms with Crippen molar-refractivity contribution in [3.63, 3.8) is 0 Å². The topological polar surface area (TPSA) is 231 Å². The number of nitrogens with one attached hydrogen (secondary N) is 5. The molecule has 0 spiro atoms. The predicted octanol–water partition coefficient (Wildman–Crippen LogP) is 5.13. The summed E-state index contributed by atoms with van der Waals surface area (Å²) in [5.74, 6) is -1.67. The fourth-order valence-corrected chi connectivity index (χ4v) is 6.45. The predicted molar refractivity (Wildman–Crippen MR) is 213 cm³/mol. The quantitative estimate of drug-likeness (QED) is 0.0899. The number of carbonyl (C=O) groups is 6. The molecule has 0 unspecified atom stereocenters. The van der Waals surface area contributed by atoms with Crippen LogP contribution in [0.25, 0.3) is 11.1 Å². The van der Waals surface area contributed by atoms with Gasteiger partial charge in [0, 0.05) is 36.8 Å². The molecule has 0 bridgehead atoms. The van der Waals surface area contributed by atoms with Crippen molar-refractivity contribution in [1.82, 2.24) is 26.2 Å². The molecule has 0 aromatic heterocycles. The molecule has 0 aliphatic heterocycles. The largest absolute Gasteiger partial charge is 0.465 e. The van der Waals surface area contributed by atoms with Crippen molar-refractivity contribution in [2.75, 3.05) is 31.6 Å². The van der Waals surface area contributed by atoms with Crippen LogP contribution in [0, 0.1) is 5.92 Å². The summed E-state index contributed by atoms with van der Waals surface area (Å²) in [6.07, 6.45) is -2.15. The molecule has 0 heterocycles. The molecular formula is C41H53N7O9. The molecule has 1 aliphatic carbocycles. The van der Waals surface area contributed by atoms with E-state index in [1.807, 2.05) is 48.5 Å². The highest BCUT2D eigenvalue weighted by molar-refractivity contribution is 5.98. The van der Waals surface area contributed by atoms with Gasteiger partial charge >= 0.3 is 24.3 Å². The van der Waals surface area contributed by atoms with E-state index in [1.54, 1.807) is 58.9 Å². The Morgan fingerprint density at radius 1 is 0.789 bits per heavy atom. The highest BCUT2D eigenvalue weighted by Crippen LogP contribution is 2.44. The van der Waals surface area contributed by atoms with Crippen molar-refractivity contribution >= 4 is 41.8 Å². The number of nitrogens with two attached hydrogens (primary N) is 1. The van der Waals surface area contributed by atoms with Crippen LogP contribution in [-0.4, -0.2) is 90.0 Å². The molecule has 0 saturated carbocycles. The molecule has 306 valence electrons. The van der Waals surface area contributed by atoms with Crippen LogP contribution < -0.4 is 32.3 Å². The van der Waals surface area contributed by atoms with Gasteiger partial charge in [-0.2, -0.15) is 0 Å². The molecule has 16 heteroatoms. The molecule has 7 amide bonds. The third-order valence-corrected chi connectivity index (χ3v) is 9.40. The number of primary amides is 1. The first-order chi connectivity index (χ1) is 27.0. The number of carboxylic acid groups (broad SMARTS) is 1. The van der Waals surface area contributed by atoms with E-state index in [0.717, 1.165) is 22.3 Å². The van der Waals surface area contributed by atoms with Gasteiger partial charge in [0.15, 0.2) is 0 Å². The maximum Gasteiger partial charge on any atom is 0.407 e. The summed E-state index contributed by atoms with van der Waals surface area (Å²) in [6, 6.07) is 19.6. The average molecular weight is 788 g/mol. The summed E-state index contributed by atoms with van der Waals surface area (Å²) < 4.78 is 10.9. The van der Waals surface area contributed by atoms with Gasteiger partial charge in [0.2, 0.25) is 11.8 Å². The zero-order chi connectivity index (χ0) is 41.7. The first-order valence-corrected chi connectivity index (χ1v) is 18.8. The maximum absolute atomic E-state index is 13.6. The third-order valence-electron chi connectivity index (χ3n) is 9.40. The van der Waals surface area contributed by atoms with Crippen molar-refractivity contribution in [1.29, 1.82) is 0 Å². The highest BCUT2D eigenvalue weighted by Gasteiger charge is 2.32. The normalized spacial score (nSPS) is 12.9. The number of alkyl carbamates (subject to hydrolysis) is 2. The molecule has 1 aliphatic rings. The second-order valence-corrected chi connectivity index (χ2v) is 15.0. The molecule has 0 saturated heterocycles. The first kappa shape index (κ1) is 43.4. The van der Waals surface area contributed by atoms with Crippen molar-refractivity contribution < 1.29 is 43.3 Å². The SMILES string of the molecule is CC(C)[C@H](NC(=O)OCC1c2ccccc2-c2ccccc21)C(=O)N[C@@H](CCCNC(N)=O)C(=O)Nc1ccc(COC(=O)NCCN(C(=O)O)C(C)(C)C)cc1. The Hall–Kier alpha value is -6.32. The summed E-state index contributed by atoms with van der Waals surface area (Å²) >= 11 is 0. The molecule has 0 fully saturated rings. The van der Waals surface area contributed by atoms with Gasteiger partial charge in [0.1, 0.15) is 25.3 Å². The second-order valence-electron chi connectivity index (χ2n) is 15.0. The lowest BCUT2D eigenvalue weighted by atomic mass is 9.98. The molecule has 8 N–H and O–H groups in total. The lowest BCUT2D eigenvalue weighted by Gasteiger charge is -2.33. The Balaban J connectivity index is 1.32. The van der Waals surface area contributed by atoms with Gasteiger partial charge in [0.05, 0.1) is 0 Å². The molecule has 2 atom stereocenters. The fourth-order valence-electron chi connectivity index (χ4n) is 6.45. The van der Waals surface area contributed by atoms with Crippen LogP contribution in [0.3, 0.4) is 0 Å². The number of carbonyl (C=O) groups excluding carboxylic acids is 5.